The van der Waals surface area contributed by atoms with Gasteiger partial charge in [0.1, 0.15) is 16.8 Å². The molecule has 1 rings (SSSR count). The van der Waals surface area contributed by atoms with Crippen LogP contribution in [-0.2, 0) is 21.0 Å². The van der Waals surface area contributed by atoms with E-state index in [1.807, 2.05) is 0 Å². The van der Waals surface area contributed by atoms with Gasteiger partial charge in [0.15, 0.2) is 0 Å². The normalized spacial score (nSPS) is 14.1. The van der Waals surface area contributed by atoms with E-state index >= 15 is 0 Å². The van der Waals surface area contributed by atoms with E-state index in [-0.39, 0.29) is 6.07 Å². The molecule has 22 heavy (non-hydrogen) atoms. The second-order valence-corrected chi connectivity index (χ2v) is 6.51. The Balaban J connectivity index is 3.21. The number of benzene rings is 1. The van der Waals surface area contributed by atoms with E-state index in [2.05, 4.69) is 0 Å². The number of aliphatic carboxylic acids is 1. The summed E-state index contributed by atoms with van der Waals surface area (Å²) in [7, 11) is -4.62. The summed E-state index contributed by atoms with van der Waals surface area (Å²) in [6, 6.07) is -0.644. The first-order chi connectivity index (χ1) is 9.86. The fourth-order valence-corrected chi connectivity index (χ4v) is 2.99. The van der Waals surface area contributed by atoms with Crippen molar-refractivity contribution >= 4 is 16.0 Å². The molecule has 0 bridgehead atoms. The number of rotatable bonds is 5. The van der Waals surface area contributed by atoms with Crippen LogP contribution in [-0.4, -0.2) is 25.5 Å². The molecule has 0 aliphatic carbocycles. The van der Waals surface area contributed by atoms with Crippen molar-refractivity contribution in [3.05, 3.63) is 29.6 Å². The zero-order valence-electron chi connectivity index (χ0n) is 11.5. The fraction of sp³-hybridized carbons (Fsp3) is 0.417. The Hall–Kier alpha value is -1.68. The van der Waals surface area contributed by atoms with E-state index < -0.39 is 50.4 Å². The number of halogens is 4. The van der Waals surface area contributed by atoms with Crippen LogP contribution >= 0.6 is 0 Å². The number of carboxylic acid groups (broad SMARTS) is 1. The fourth-order valence-electron chi connectivity index (χ4n) is 1.60. The van der Waals surface area contributed by atoms with Crippen molar-refractivity contribution in [3.8, 4) is 0 Å². The maximum atomic E-state index is 13.7. The lowest BCUT2D eigenvalue weighted by molar-refractivity contribution is -0.140. The Morgan fingerprint density at radius 1 is 1.27 bits per heavy atom. The van der Waals surface area contributed by atoms with Gasteiger partial charge in [0, 0.05) is 0 Å². The van der Waals surface area contributed by atoms with E-state index in [0.717, 1.165) is 0 Å². The molecular formula is C12H13F4NO4S. The van der Waals surface area contributed by atoms with E-state index in [1.165, 1.54) is 13.8 Å². The monoisotopic (exact) mass is 343 g/mol. The molecular weight excluding hydrogens is 330 g/mol. The lowest BCUT2D eigenvalue weighted by Gasteiger charge is -2.18. The highest BCUT2D eigenvalue weighted by molar-refractivity contribution is 7.89. The summed E-state index contributed by atoms with van der Waals surface area (Å²) in [5, 5.41) is 8.90. The van der Waals surface area contributed by atoms with Crippen molar-refractivity contribution in [3.63, 3.8) is 0 Å². The minimum Gasteiger partial charge on any atom is -0.480 e. The molecule has 0 aliphatic heterocycles. The third-order valence-electron chi connectivity index (χ3n) is 2.76. The van der Waals surface area contributed by atoms with Gasteiger partial charge in [0.25, 0.3) is 0 Å². The predicted octanol–water partition coefficient (Wildman–Crippen LogP) is 2.23. The van der Waals surface area contributed by atoms with Crippen LogP contribution < -0.4 is 4.72 Å². The third kappa shape index (κ3) is 4.17. The lowest BCUT2D eigenvalue weighted by Crippen LogP contribution is -2.44. The molecule has 0 unspecified atom stereocenters. The largest absolute Gasteiger partial charge is 0.480 e. The summed E-state index contributed by atoms with van der Waals surface area (Å²) in [5.74, 6) is -3.74. The SMILES string of the molecule is CC(C)[C@H](NS(=O)(=O)c1ccc(C(F)(F)F)cc1F)C(=O)O. The van der Waals surface area contributed by atoms with Crippen LogP contribution in [0.1, 0.15) is 19.4 Å². The molecule has 124 valence electrons. The van der Waals surface area contributed by atoms with E-state index in [0.29, 0.717) is 12.1 Å². The lowest BCUT2D eigenvalue weighted by atomic mass is 10.1. The molecule has 0 aliphatic rings. The molecule has 0 heterocycles. The first-order valence-corrected chi connectivity index (χ1v) is 7.46. The highest BCUT2D eigenvalue weighted by Crippen LogP contribution is 2.31. The highest BCUT2D eigenvalue weighted by atomic mass is 32.2. The summed E-state index contributed by atoms with van der Waals surface area (Å²) < 4.78 is 76.5. The van der Waals surface area contributed by atoms with Gasteiger partial charge < -0.3 is 5.11 Å². The summed E-state index contributed by atoms with van der Waals surface area (Å²) >= 11 is 0. The Morgan fingerprint density at radius 3 is 2.18 bits per heavy atom. The van der Waals surface area contributed by atoms with E-state index in [9.17, 15) is 30.8 Å². The Bertz CT molecular complexity index is 670. The van der Waals surface area contributed by atoms with Crippen LogP contribution in [0.25, 0.3) is 0 Å². The first-order valence-electron chi connectivity index (χ1n) is 5.98. The second kappa shape index (κ2) is 6.21. The maximum absolute atomic E-state index is 13.7. The van der Waals surface area contributed by atoms with Gasteiger partial charge in [-0.25, -0.2) is 12.8 Å². The van der Waals surface area contributed by atoms with Gasteiger partial charge in [-0.15, -0.1) is 0 Å². The standard InChI is InChI=1S/C12H13F4NO4S/c1-6(2)10(11(18)19)17-22(20,21)9-4-3-7(5-8(9)13)12(14,15)16/h3-6,10,17H,1-2H3,(H,18,19)/t10-/m0/s1. The molecule has 0 fully saturated rings. The van der Waals surface area contributed by atoms with Gasteiger partial charge >= 0.3 is 12.1 Å². The van der Waals surface area contributed by atoms with Crippen molar-refractivity contribution in [2.24, 2.45) is 5.92 Å². The molecule has 0 saturated carbocycles. The smallest absolute Gasteiger partial charge is 0.416 e. The molecule has 2 N–H and O–H groups in total. The van der Waals surface area contributed by atoms with Gasteiger partial charge in [0.05, 0.1) is 5.56 Å². The number of sulfonamides is 1. The maximum Gasteiger partial charge on any atom is 0.416 e. The van der Waals surface area contributed by atoms with E-state index in [1.54, 1.807) is 4.72 Å². The van der Waals surface area contributed by atoms with Crippen LogP contribution in [0.3, 0.4) is 0 Å². The third-order valence-corrected chi connectivity index (χ3v) is 4.24. The van der Waals surface area contributed by atoms with Crippen LogP contribution in [0, 0.1) is 11.7 Å². The highest BCUT2D eigenvalue weighted by Gasteiger charge is 2.34. The van der Waals surface area contributed by atoms with Crippen LogP contribution in [0.2, 0.25) is 0 Å². The van der Waals surface area contributed by atoms with E-state index in [4.69, 9.17) is 5.11 Å². The zero-order chi connectivity index (χ0) is 17.3. The first kappa shape index (κ1) is 18.4. The predicted molar refractivity (Wildman–Crippen MR) is 68.0 cm³/mol. The summed E-state index contributed by atoms with van der Waals surface area (Å²) in [6.07, 6.45) is -4.82. The quantitative estimate of drug-likeness (QED) is 0.803. The van der Waals surface area contributed by atoms with Gasteiger partial charge in [0.2, 0.25) is 10.0 Å². The van der Waals surface area contributed by atoms with Crippen molar-refractivity contribution < 1.29 is 35.9 Å². The molecule has 5 nitrogen and oxygen atoms in total. The van der Waals surface area contributed by atoms with Crippen LogP contribution in [0.4, 0.5) is 17.6 Å². The minimum absolute atomic E-state index is 0.0414. The number of alkyl halides is 3. The summed E-state index contributed by atoms with van der Waals surface area (Å²) in [6.45, 7) is 2.84. The molecule has 0 spiro atoms. The van der Waals surface area contributed by atoms with Crippen molar-refractivity contribution in [1.82, 2.24) is 4.72 Å². The molecule has 0 amide bonds. The number of hydrogen-bond acceptors (Lipinski definition) is 3. The van der Waals surface area contributed by atoms with Crippen molar-refractivity contribution in [1.29, 1.82) is 0 Å². The van der Waals surface area contributed by atoms with Crippen LogP contribution in [0.15, 0.2) is 23.1 Å². The Kier molecular flexibility index (Phi) is 5.18. The van der Waals surface area contributed by atoms with Gasteiger partial charge in [-0.1, -0.05) is 13.8 Å². The average molecular weight is 343 g/mol. The Labute approximate surface area is 124 Å². The van der Waals surface area contributed by atoms with Gasteiger partial charge in [-0.2, -0.15) is 17.9 Å². The number of carbonyl (C=O) groups is 1. The number of nitrogens with one attached hydrogen (secondary N) is 1. The molecule has 0 aromatic heterocycles. The zero-order valence-corrected chi connectivity index (χ0v) is 12.3. The van der Waals surface area contributed by atoms with Gasteiger partial charge in [-0.05, 0) is 24.1 Å². The molecule has 0 radical (unpaired) electrons. The van der Waals surface area contributed by atoms with Gasteiger partial charge in [-0.3, -0.25) is 4.79 Å². The number of hydrogen-bond donors (Lipinski definition) is 2. The molecule has 1 aromatic rings. The topological polar surface area (TPSA) is 83.5 Å². The number of carboxylic acids is 1. The molecule has 10 heteroatoms. The summed E-state index contributed by atoms with van der Waals surface area (Å²) in [5.41, 5.74) is -1.34. The Morgan fingerprint density at radius 2 is 1.82 bits per heavy atom. The van der Waals surface area contributed by atoms with Crippen molar-refractivity contribution in [2.75, 3.05) is 0 Å². The molecule has 1 aromatic carbocycles. The van der Waals surface area contributed by atoms with Crippen molar-refractivity contribution in [2.45, 2.75) is 31.0 Å². The minimum atomic E-state index is -4.82. The second-order valence-electron chi connectivity index (χ2n) is 4.82. The molecule has 1 atom stereocenters. The van der Waals surface area contributed by atoms with Crippen LogP contribution in [0.5, 0.6) is 0 Å². The molecule has 0 saturated heterocycles. The summed E-state index contributed by atoms with van der Waals surface area (Å²) in [4.78, 5) is 9.90. The average Bonchev–Trinajstić information content (AvgIpc) is 2.33.